The maximum absolute atomic E-state index is 13.0. The Hall–Kier alpha value is -2.38. The number of methoxy groups -OCH3 is 1. The average Bonchev–Trinajstić information content (AvgIpc) is 3.46. The van der Waals surface area contributed by atoms with E-state index in [4.69, 9.17) is 8.92 Å². The Morgan fingerprint density at radius 3 is 2.39 bits per heavy atom. The molecule has 0 radical (unpaired) electrons. The average molecular weight is 404 g/mol. The lowest BCUT2D eigenvalue weighted by Gasteiger charge is -2.23. The van der Waals surface area contributed by atoms with Crippen LogP contribution in [0.5, 0.6) is 5.75 Å². The zero-order valence-electron chi connectivity index (χ0n) is 16.1. The fourth-order valence-corrected chi connectivity index (χ4v) is 3.75. The van der Waals surface area contributed by atoms with Crippen molar-refractivity contribution in [3.8, 4) is 5.75 Å². The van der Waals surface area contributed by atoms with Crippen LogP contribution in [0.3, 0.4) is 0 Å². The van der Waals surface area contributed by atoms with Crippen molar-refractivity contribution in [2.75, 3.05) is 26.5 Å². The van der Waals surface area contributed by atoms with E-state index in [0.29, 0.717) is 19.7 Å². The standard InChI is InChI=1S/C21H25NO5S/c1-26-13-12-22(15-16-8-10-18(11-9-16)27-28(2,24)25)21(23)20-14-19(20)17-6-4-3-5-7-17/h3-11,19-20H,12-15H2,1-2H3. The zero-order chi connectivity index (χ0) is 20.1. The van der Waals surface area contributed by atoms with E-state index in [-0.39, 0.29) is 23.5 Å². The van der Waals surface area contributed by atoms with E-state index in [1.54, 1.807) is 31.4 Å². The summed E-state index contributed by atoms with van der Waals surface area (Å²) >= 11 is 0. The van der Waals surface area contributed by atoms with Gasteiger partial charge in [-0.2, -0.15) is 8.42 Å². The summed E-state index contributed by atoms with van der Waals surface area (Å²) in [5.41, 5.74) is 2.11. The summed E-state index contributed by atoms with van der Waals surface area (Å²) in [6.45, 7) is 1.41. The highest BCUT2D eigenvalue weighted by molar-refractivity contribution is 7.86. The Morgan fingerprint density at radius 2 is 1.79 bits per heavy atom. The van der Waals surface area contributed by atoms with Crippen LogP contribution in [0.4, 0.5) is 0 Å². The molecule has 7 heteroatoms. The van der Waals surface area contributed by atoms with Gasteiger partial charge in [0.1, 0.15) is 5.75 Å². The Bertz CT molecular complexity index is 896. The minimum absolute atomic E-state index is 0.00657. The molecule has 1 saturated carbocycles. The molecule has 0 bridgehead atoms. The van der Waals surface area contributed by atoms with Crippen LogP contribution in [0.1, 0.15) is 23.5 Å². The van der Waals surface area contributed by atoms with Gasteiger partial charge in [0.25, 0.3) is 0 Å². The molecule has 0 spiro atoms. The first-order valence-electron chi connectivity index (χ1n) is 9.18. The van der Waals surface area contributed by atoms with Crippen LogP contribution >= 0.6 is 0 Å². The third-order valence-corrected chi connectivity index (χ3v) is 5.25. The number of ether oxygens (including phenoxy) is 1. The van der Waals surface area contributed by atoms with E-state index in [0.717, 1.165) is 18.2 Å². The van der Waals surface area contributed by atoms with Crippen molar-refractivity contribution in [1.82, 2.24) is 4.90 Å². The van der Waals surface area contributed by atoms with E-state index in [1.807, 2.05) is 23.1 Å². The molecule has 0 aliphatic heterocycles. The predicted octanol–water partition coefficient (Wildman–Crippen LogP) is 2.80. The fraction of sp³-hybridized carbons (Fsp3) is 0.381. The SMILES string of the molecule is COCCN(Cc1ccc(OS(C)(=O)=O)cc1)C(=O)C1CC1c1ccccc1. The second-order valence-electron chi connectivity index (χ2n) is 7.04. The molecule has 0 N–H and O–H groups in total. The van der Waals surface area contributed by atoms with Gasteiger partial charge >= 0.3 is 10.1 Å². The van der Waals surface area contributed by atoms with Crippen molar-refractivity contribution in [1.29, 1.82) is 0 Å². The summed E-state index contributed by atoms with van der Waals surface area (Å²) in [6, 6.07) is 16.8. The Kier molecular flexibility index (Phi) is 6.36. The number of carbonyl (C=O) groups is 1. The number of nitrogens with zero attached hydrogens (tertiary/aromatic N) is 1. The molecule has 150 valence electrons. The molecule has 1 aliphatic carbocycles. The third kappa shape index (κ3) is 5.56. The first-order valence-corrected chi connectivity index (χ1v) is 11.0. The molecule has 2 aromatic rings. The quantitative estimate of drug-likeness (QED) is 0.602. The molecule has 1 amide bonds. The monoisotopic (exact) mass is 403 g/mol. The van der Waals surface area contributed by atoms with Gasteiger partial charge in [-0.15, -0.1) is 0 Å². The second kappa shape index (κ2) is 8.75. The second-order valence-corrected chi connectivity index (χ2v) is 8.62. The zero-order valence-corrected chi connectivity index (χ0v) is 16.9. The lowest BCUT2D eigenvalue weighted by Crippen LogP contribution is -2.34. The van der Waals surface area contributed by atoms with E-state index in [2.05, 4.69) is 12.1 Å². The number of rotatable bonds is 9. The molecule has 0 saturated heterocycles. The van der Waals surface area contributed by atoms with Crippen LogP contribution in [0, 0.1) is 5.92 Å². The van der Waals surface area contributed by atoms with Gasteiger partial charge in [-0.25, -0.2) is 0 Å². The van der Waals surface area contributed by atoms with Crippen molar-refractivity contribution < 1.29 is 22.1 Å². The van der Waals surface area contributed by atoms with Crippen LogP contribution in [0.15, 0.2) is 54.6 Å². The number of benzene rings is 2. The van der Waals surface area contributed by atoms with Gasteiger partial charge < -0.3 is 13.8 Å². The Labute approximate surface area is 166 Å². The first-order chi connectivity index (χ1) is 13.4. The van der Waals surface area contributed by atoms with Crippen LogP contribution in [0.2, 0.25) is 0 Å². The minimum atomic E-state index is -3.56. The summed E-state index contributed by atoms with van der Waals surface area (Å²) < 4.78 is 32.4. The van der Waals surface area contributed by atoms with Crippen molar-refractivity contribution in [2.45, 2.75) is 18.9 Å². The van der Waals surface area contributed by atoms with Gasteiger partial charge in [-0.05, 0) is 35.6 Å². The molecule has 0 aromatic heterocycles. The molecule has 28 heavy (non-hydrogen) atoms. The van der Waals surface area contributed by atoms with Gasteiger partial charge in [0.2, 0.25) is 5.91 Å². The molecule has 1 aliphatic rings. The lowest BCUT2D eigenvalue weighted by atomic mass is 10.1. The smallest absolute Gasteiger partial charge is 0.306 e. The maximum Gasteiger partial charge on any atom is 0.306 e. The summed E-state index contributed by atoms with van der Waals surface area (Å²) in [7, 11) is -1.94. The number of amides is 1. The van der Waals surface area contributed by atoms with Gasteiger partial charge in [0, 0.05) is 26.1 Å². The molecule has 2 atom stereocenters. The molecule has 1 fully saturated rings. The van der Waals surface area contributed by atoms with Crippen molar-refractivity contribution in [2.24, 2.45) is 5.92 Å². The van der Waals surface area contributed by atoms with Crippen LogP contribution in [0.25, 0.3) is 0 Å². The summed E-state index contributed by atoms with van der Waals surface area (Å²) in [4.78, 5) is 14.8. The van der Waals surface area contributed by atoms with Crippen LogP contribution in [-0.4, -0.2) is 45.7 Å². The molecule has 3 rings (SSSR count). The Balaban J connectivity index is 1.66. The highest BCUT2D eigenvalue weighted by Crippen LogP contribution is 2.48. The van der Waals surface area contributed by atoms with E-state index in [9.17, 15) is 13.2 Å². The summed E-state index contributed by atoms with van der Waals surface area (Å²) in [5, 5.41) is 0. The highest BCUT2D eigenvalue weighted by atomic mass is 32.2. The first kappa shape index (κ1) is 20.4. The van der Waals surface area contributed by atoms with E-state index < -0.39 is 10.1 Å². The van der Waals surface area contributed by atoms with Crippen LogP contribution < -0.4 is 4.18 Å². The molecular formula is C21H25NO5S. The largest absolute Gasteiger partial charge is 0.383 e. The molecule has 0 heterocycles. The van der Waals surface area contributed by atoms with Gasteiger partial charge in [-0.1, -0.05) is 42.5 Å². The number of hydrogen-bond acceptors (Lipinski definition) is 5. The van der Waals surface area contributed by atoms with E-state index in [1.165, 1.54) is 5.56 Å². The molecule has 2 aromatic carbocycles. The topological polar surface area (TPSA) is 72.9 Å². The molecule has 6 nitrogen and oxygen atoms in total. The van der Waals surface area contributed by atoms with E-state index >= 15 is 0 Å². The third-order valence-electron chi connectivity index (χ3n) is 4.76. The minimum Gasteiger partial charge on any atom is -0.383 e. The van der Waals surface area contributed by atoms with Crippen molar-refractivity contribution in [3.05, 3.63) is 65.7 Å². The summed E-state index contributed by atoms with van der Waals surface area (Å²) in [5.74, 6) is 0.672. The van der Waals surface area contributed by atoms with Crippen molar-refractivity contribution >= 4 is 16.0 Å². The fourth-order valence-electron chi connectivity index (χ4n) is 3.29. The Morgan fingerprint density at radius 1 is 1.11 bits per heavy atom. The number of hydrogen-bond donors (Lipinski definition) is 0. The lowest BCUT2D eigenvalue weighted by molar-refractivity contribution is -0.134. The summed E-state index contributed by atoms with van der Waals surface area (Å²) in [6.07, 6.45) is 1.87. The van der Waals surface area contributed by atoms with Gasteiger partial charge in [0.05, 0.1) is 12.9 Å². The van der Waals surface area contributed by atoms with Crippen molar-refractivity contribution in [3.63, 3.8) is 0 Å². The normalized spacial score (nSPS) is 18.5. The predicted molar refractivity (Wildman–Crippen MR) is 106 cm³/mol. The molecule has 2 unspecified atom stereocenters. The van der Waals surface area contributed by atoms with Gasteiger partial charge in [-0.3, -0.25) is 4.79 Å². The van der Waals surface area contributed by atoms with Crippen LogP contribution in [-0.2, 0) is 26.2 Å². The highest BCUT2D eigenvalue weighted by Gasteiger charge is 2.45. The maximum atomic E-state index is 13.0. The van der Waals surface area contributed by atoms with Gasteiger partial charge in [0.15, 0.2) is 0 Å². The molecular weight excluding hydrogens is 378 g/mol. The number of carbonyl (C=O) groups excluding carboxylic acids is 1.